The van der Waals surface area contributed by atoms with Crippen molar-refractivity contribution in [2.24, 2.45) is 17.4 Å². The number of amides is 1. The highest BCUT2D eigenvalue weighted by Crippen LogP contribution is 2.36. The Morgan fingerprint density at radius 2 is 2.10 bits per heavy atom. The maximum Gasteiger partial charge on any atom is 0.237 e. The fourth-order valence-electron chi connectivity index (χ4n) is 3.49. The molecule has 116 valence electrons. The summed E-state index contributed by atoms with van der Waals surface area (Å²) in [5.74, 6) is 0.234. The molecule has 1 saturated carbocycles. The molecule has 1 heterocycles. The number of nitrogens with zero attached hydrogens (tertiary/aromatic N) is 1. The van der Waals surface area contributed by atoms with E-state index in [9.17, 15) is 13.2 Å². The van der Waals surface area contributed by atoms with Crippen LogP contribution >= 0.6 is 0 Å². The Labute approximate surface area is 120 Å². The van der Waals surface area contributed by atoms with Gasteiger partial charge in [0, 0.05) is 6.04 Å². The number of carbonyl (C=O) groups is 1. The molecule has 0 bridgehead atoms. The molecule has 20 heavy (non-hydrogen) atoms. The summed E-state index contributed by atoms with van der Waals surface area (Å²) in [6.07, 6.45) is 4.02. The van der Waals surface area contributed by atoms with Crippen molar-refractivity contribution >= 4 is 15.7 Å². The van der Waals surface area contributed by atoms with Crippen molar-refractivity contribution in [2.45, 2.75) is 43.7 Å². The first-order valence-corrected chi connectivity index (χ1v) is 9.06. The molecule has 0 aromatic carbocycles. The summed E-state index contributed by atoms with van der Waals surface area (Å²) in [5.41, 5.74) is 10.7. The topological polar surface area (TPSA) is 106 Å². The molecule has 3 unspecified atom stereocenters. The molecule has 1 aliphatic carbocycles. The number of sulfone groups is 1. The maximum atomic E-state index is 11.5. The van der Waals surface area contributed by atoms with Gasteiger partial charge in [0.15, 0.2) is 9.84 Å². The van der Waals surface area contributed by atoms with Crippen LogP contribution in [0.15, 0.2) is 0 Å². The fraction of sp³-hybridized carbons (Fsp3) is 0.923. The molecular formula is C13H25N3O3S. The number of hydrogen-bond donors (Lipinski definition) is 2. The molecule has 3 atom stereocenters. The van der Waals surface area contributed by atoms with Gasteiger partial charge >= 0.3 is 0 Å². The van der Waals surface area contributed by atoms with Gasteiger partial charge in [0.2, 0.25) is 5.91 Å². The summed E-state index contributed by atoms with van der Waals surface area (Å²) in [5, 5.41) is 0. The second-order valence-electron chi connectivity index (χ2n) is 6.32. The van der Waals surface area contributed by atoms with Gasteiger partial charge in [-0.1, -0.05) is 6.42 Å². The van der Waals surface area contributed by atoms with Gasteiger partial charge in [0.1, 0.15) is 0 Å². The minimum absolute atomic E-state index is 0.0992. The third kappa shape index (κ3) is 3.15. The van der Waals surface area contributed by atoms with Crippen molar-refractivity contribution < 1.29 is 13.2 Å². The van der Waals surface area contributed by atoms with Crippen LogP contribution in [-0.4, -0.2) is 55.9 Å². The van der Waals surface area contributed by atoms with E-state index in [-0.39, 0.29) is 23.5 Å². The van der Waals surface area contributed by atoms with Crippen molar-refractivity contribution in [1.82, 2.24) is 4.90 Å². The Morgan fingerprint density at radius 1 is 1.40 bits per heavy atom. The van der Waals surface area contributed by atoms with Gasteiger partial charge in [-0.3, -0.25) is 4.79 Å². The molecule has 0 aromatic rings. The van der Waals surface area contributed by atoms with Crippen LogP contribution in [0.5, 0.6) is 0 Å². The van der Waals surface area contributed by atoms with Crippen LogP contribution in [0.2, 0.25) is 0 Å². The molecule has 0 aromatic heterocycles. The van der Waals surface area contributed by atoms with Crippen LogP contribution < -0.4 is 11.5 Å². The second kappa shape index (κ2) is 5.61. The smallest absolute Gasteiger partial charge is 0.237 e. The predicted octanol–water partition coefficient (Wildman–Crippen LogP) is -0.522. The summed E-state index contributed by atoms with van der Waals surface area (Å²) < 4.78 is 23.0. The zero-order valence-electron chi connectivity index (χ0n) is 12.0. The van der Waals surface area contributed by atoms with Crippen molar-refractivity contribution in [3.63, 3.8) is 0 Å². The molecule has 2 rings (SSSR count). The van der Waals surface area contributed by atoms with E-state index in [4.69, 9.17) is 11.5 Å². The van der Waals surface area contributed by atoms with Gasteiger partial charge < -0.3 is 16.4 Å². The van der Waals surface area contributed by atoms with Gasteiger partial charge in [0.25, 0.3) is 0 Å². The Hall–Kier alpha value is -0.660. The SMILES string of the molecule is CN(CCC1CCCC1(N)C(N)=O)C1CCS(=O)(=O)C1. The van der Waals surface area contributed by atoms with E-state index in [1.54, 1.807) is 0 Å². The van der Waals surface area contributed by atoms with Gasteiger partial charge in [-0.15, -0.1) is 0 Å². The second-order valence-corrected chi connectivity index (χ2v) is 8.55. The van der Waals surface area contributed by atoms with Crippen molar-refractivity contribution in [3.8, 4) is 0 Å². The quantitative estimate of drug-likeness (QED) is 0.710. The van der Waals surface area contributed by atoms with E-state index in [1.165, 1.54) is 0 Å². The average Bonchev–Trinajstić information content (AvgIpc) is 2.90. The highest BCUT2D eigenvalue weighted by atomic mass is 32.2. The lowest BCUT2D eigenvalue weighted by atomic mass is 9.85. The number of nitrogens with two attached hydrogens (primary N) is 2. The maximum absolute atomic E-state index is 11.5. The number of hydrogen-bond acceptors (Lipinski definition) is 5. The standard InChI is InChI=1S/C13H25N3O3S/c1-16(11-5-8-20(18,19)9-11)7-4-10-3-2-6-13(10,15)12(14)17/h10-11H,2-9,15H2,1H3,(H2,14,17). The van der Waals surface area contributed by atoms with E-state index in [2.05, 4.69) is 4.90 Å². The summed E-state index contributed by atoms with van der Waals surface area (Å²) >= 11 is 0. The minimum atomic E-state index is -2.85. The number of rotatable bonds is 5. The van der Waals surface area contributed by atoms with Crippen LogP contribution in [0.1, 0.15) is 32.1 Å². The van der Waals surface area contributed by atoms with E-state index in [0.717, 1.165) is 25.8 Å². The normalized spacial score (nSPS) is 36.5. The molecule has 0 spiro atoms. The largest absolute Gasteiger partial charge is 0.368 e. The summed E-state index contributed by atoms with van der Waals surface area (Å²) in [7, 11) is -0.907. The van der Waals surface area contributed by atoms with E-state index < -0.39 is 21.3 Å². The predicted molar refractivity (Wildman–Crippen MR) is 77.8 cm³/mol. The van der Waals surface area contributed by atoms with Gasteiger partial charge in [0.05, 0.1) is 17.0 Å². The lowest BCUT2D eigenvalue weighted by Crippen LogP contribution is -2.55. The lowest BCUT2D eigenvalue weighted by molar-refractivity contribution is -0.124. The van der Waals surface area contributed by atoms with Crippen molar-refractivity contribution in [2.75, 3.05) is 25.1 Å². The van der Waals surface area contributed by atoms with Crippen molar-refractivity contribution in [3.05, 3.63) is 0 Å². The molecule has 1 amide bonds. The molecule has 6 nitrogen and oxygen atoms in total. The fourth-order valence-corrected chi connectivity index (χ4v) is 5.30. The Bertz CT molecular complexity index is 479. The molecule has 1 saturated heterocycles. The highest BCUT2D eigenvalue weighted by Gasteiger charge is 2.44. The van der Waals surface area contributed by atoms with Crippen molar-refractivity contribution in [1.29, 1.82) is 0 Å². The van der Waals surface area contributed by atoms with Gasteiger partial charge in [-0.2, -0.15) is 0 Å². The summed E-state index contributed by atoms with van der Waals surface area (Å²) in [6, 6.07) is 0.0992. The zero-order valence-corrected chi connectivity index (χ0v) is 12.9. The number of primary amides is 1. The Morgan fingerprint density at radius 3 is 2.65 bits per heavy atom. The summed E-state index contributed by atoms with van der Waals surface area (Å²) in [4.78, 5) is 13.6. The molecule has 4 N–H and O–H groups in total. The summed E-state index contributed by atoms with van der Waals surface area (Å²) in [6.45, 7) is 0.761. The Kier molecular flexibility index (Phi) is 4.41. The highest BCUT2D eigenvalue weighted by molar-refractivity contribution is 7.91. The average molecular weight is 303 g/mol. The van der Waals surface area contributed by atoms with Crippen LogP contribution in [0.25, 0.3) is 0 Å². The third-order valence-electron chi connectivity index (χ3n) is 4.99. The molecule has 7 heteroatoms. The molecular weight excluding hydrogens is 278 g/mol. The van der Waals surface area contributed by atoms with E-state index >= 15 is 0 Å². The van der Waals surface area contributed by atoms with Gasteiger partial charge in [-0.05, 0) is 45.2 Å². The monoisotopic (exact) mass is 303 g/mol. The lowest BCUT2D eigenvalue weighted by Gasteiger charge is -2.31. The third-order valence-corrected chi connectivity index (χ3v) is 6.74. The van der Waals surface area contributed by atoms with Crippen LogP contribution in [0.3, 0.4) is 0 Å². The van der Waals surface area contributed by atoms with Crippen LogP contribution in [-0.2, 0) is 14.6 Å². The molecule has 0 radical (unpaired) electrons. The Balaban J connectivity index is 1.88. The van der Waals surface area contributed by atoms with E-state index in [0.29, 0.717) is 12.8 Å². The number of carbonyl (C=O) groups excluding carboxylic acids is 1. The van der Waals surface area contributed by atoms with Crippen LogP contribution in [0, 0.1) is 5.92 Å². The molecule has 2 fully saturated rings. The molecule has 1 aliphatic heterocycles. The first-order valence-electron chi connectivity index (χ1n) is 7.24. The minimum Gasteiger partial charge on any atom is -0.368 e. The van der Waals surface area contributed by atoms with Gasteiger partial charge in [-0.25, -0.2) is 8.42 Å². The van der Waals surface area contributed by atoms with E-state index in [1.807, 2.05) is 7.05 Å². The first kappa shape index (κ1) is 15.7. The first-order chi connectivity index (χ1) is 9.24. The molecule has 2 aliphatic rings. The zero-order chi connectivity index (χ0) is 15.0. The van der Waals surface area contributed by atoms with Crippen LogP contribution in [0.4, 0.5) is 0 Å².